The Morgan fingerprint density at radius 1 is 1.07 bits per heavy atom. The van der Waals surface area contributed by atoms with Gasteiger partial charge in [0.25, 0.3) is 0 Å². The molecule has 0 amide bonds. The van der Waals surface area contributed by atoms with Gasteiger partial charge in [-0.15, -0.1) is 5.10 Å². The van der Waals surface area contributed by atoms with Crippen LogP contribution in [0.15, 0.2) is 40.0 Å². The van der Waals surface area contributed by atoms with Gasteiger partial charge in [0.15, 0.2) is 35.4 Å². The van der Waals surface area contributed by atoms with Crippen molar-refractivity contribution >= 4 is 45.6 Å². The number of hydrogen-bond donors (Lipinski definition) is 0. The summed E-state index contributed by atoms with van der Waals surface area (Å²) < 4.78 is 65.7. The largest absolute Gasteiger partial charge is 0.463 e. The van der Waals surface area contributed by atoms with Crippen LogP contribution in [0.25, 0.3) is 11.3 Å². The van der Waals surface area contributed by atoms with Gasteiger partial charge in [0, 0.05) is 41.9 Å². The quantitative estimate of drug-likeness (QED) is 0.192. The van der Waals surface area contributed by atoms with Crippen molar-refractivity contribution in [2.75, 3.05) is 6.61 Å². The summed E-state index contributed by atoms with van der Waals surface area (Å²) in [4.78, 5) is 40.6. The molecule has 12 nitrogen and oxygen atoms in total. The van der Waals surface area contributed by atoms with Crippen LogP contribution in [0, 0.1) is 28.8 Å². The number of carbonyl (C=O) groups is 3. The van der Waals surface area contributed by atoms with E-state index in [2.05, 4.69) is 31.2 Å². The lowest BCUT2D eigenvalue weighted by molar-refractivity contribution is -0.212. The molecule has 2 aromatic heterocycles. The summed E-state index contributed by atoms with van der Waals surface area (Å²) in [5, 5.41) is 17.6. The second-order valence-corrected chi connectivity index (χ2v) is 11.1. The lowest BCUT2D eigenvalue weighted by Gasteiger charge is -2.44. The van der Waals surface area contributed by atoms with Gasteiger partial charge in [0.2, 0.25) is 0 Å². The normalized spacial score (nSPS) is 21.5. The van der Waals surface area contributed by atoms with Gasteiger partial charge < -0.3 is 18.9 Å². The molecule has 1 saturated heterocycles. The third-order valence-corrected chi connectivity index (χ3v) is 7.55. The van der Waals surface area contributed by atoms with Crippen molar-refractivity contribution < 1.29 is 46.5 Å². The second-order valence-electron chi connectivity index (χ2n) is 9.05. The highest BCUT2D eigenvalue weighted by Gasteiger charge is 2.52. The van der Waals surface area contributed by atoms with Gasteiger partial charge in [-0.3, -0.25) is 14.4 Å². The maximum atomic E-state index is 14.0. The zero-order valence-corrected chi connectivity index (χ0v) is 24.9. The number of halogens is 4. The predicted molar refractivity (Wildman–Crippen MR) is 143 cm³/mol. The topological polar surface area (TPSA) is 156 Å². The van der Waals surface area contributed by atoms with Crippen molar-refractivity contribution in [2.45, 2.75) is 55.5 Å². The highest BCUT2D eigenvalue weighted by molar-refractivity contribution is 9.10. The number of thioether (sulfide) groups is 1. The van der Waals surface area contributed by atoms with Crippen molar-refractivity contribution in [3.63, 3.8) is 0 Å². The first-order valence-corrected chi connectivity index (χ1v) is 14.0. The number of benzene rings is 1. The molecule has 0 bridgehead atoms. The molecule has 0 radical (unpaired) electrons. The molecule has 1 fully saturated rings. The minimum absolute atomic E-state index is 0.0250. The Morgan fingerprint density at radius 3 is 2.33 bits per heavy atom. The summed E-state index contributed by atoms with van der Waals surface area (Å²) >= 11 is 4.25. The number of ether oxygens (including phenoxy) is 4. The lowest BCUT2D eigenvalue weighted by Crippen LogP contribution is -2.57. The summed E-state index contributed by atoms with van der Waals surface area (Å²) in [5.74, 6) is -6.79. The van der Waals surface area contributed by atoms with E-state index < -0.39 is 71.8 Å². The molecule has 5 atom stereocenters. The molecule has 1 aliphatic rings. The van der Waals surface area contributed by atoms with Crippen LogP contribution in [0.5, 0.6) is 0 Å². The second kappa shape index (κ2) is 13.5. The van der Waals surface area contributed by atoms with Crippen LogP contribution < -0.4 is 0 Å². The van der Waals surface area contributed by atoms with E-state index in [0.717, 1.165) is 49.3 Å². The molecule has 43 heavy (non-hydrogen) atoms. The van der Waals surface area contributed by atoms with Crippen LogP contribution in [-0.2, 0) is 33.3 Å². The van der Waals surface area contributed by atoms with E-state index in [1.54, 1.807) is 6.07 Å². The molecule has 1 aliphatic heterocycles. The summed E-state index contributed by atoms with van der Waals surface area (Å²) in [6, 6.07) is 3.76. The van der Waals surface area contributed by atoms with Gasteiger partial charge in [0.1, 0.15) is 36.0 Å². The highest BCUT2D eigenvalue weighted by atomic mass is 79.9. The van der Waals surface area contributed by atoms with Crippen molar-refractivity contribution in [3.8, 4) is 17.3 Å². The molecule has 0 saturated carbocycles. The standard InChI is InChI=1S/C26H21BrF3N5O7S/c1-11(36)39-10-20-24(40-12(2)37)23(35-9-19(33-34-35)14-4-16(28)22(30)17(29)5-14)25(41-13(3)38)26(42-20)43-21-6-15(27)8-32-18(21)7-31/h4-6,8-9,20,23-26H,10H2,1-3H3. The van der Waals surface area contributed by atoms with Crippen LogP contribution in [0.3, 0.4) is 0 Å². The molecule has 0 spiro atoms. The minimum atomic E-state index is -1.67. The minimum Gasteiger partial charge on any atom is -0.463 e. The molecule has 1 aromatic carbocycles. The van der Waals surface area contributed by atoms with Gasteiger partial charge in [-0.2, -0.15) is 5.26 Å². The predicted octanol–water partition coefficient (Wildman–Crippen LogP) is 3.88. The Morgan fingerprint density at radius 2 is 1.72 bits per heavy atom. The molecule has 3 heterocycles. The first-order chi connectivity index (χ1) is 20.4. The number of aromatic nitrogens is 4. The number of hydrogen-bond acceptors (Lipinski definition) is 12. The summed E-state index contributed by atoms with van der Waals surface area (Å²) in [6.45, 7) is 2.99. The zero-order chi connectivity index (χ0) is 31.4. The van der Waals surface area contributed by atoms with Crippen LogP contribution in [0.4, 0.5) is 13.2 Å². The van der Waals surface area contributed by atoms with E-state index in [9.17, 15) is 32.8 Å². The van der Waals surface area contributed by atoms with Gasteiger partial charge >= 0.3 is 17.9 Å². The number of esters is 3. The van der Waals surface area contributed by atoms with E-state index in [0.29, 0.717) is 9.37 Å². The molecule has 3 aromatic rings. The first-order valence-electron chi connectivity index (χ1n) is 12.3. The Kier molecular flexibility index (Phi) is 10.0. The van der Waals surface area contributed by atoms with Crippen LogP contribution >= 0.6 is 27.7 Å². The molecular weight excluding hydrogens is 663 g/mol. The number of nitriles is 1. The van der Waals surface area contributed by atoms with Crippen LogP contribution in [-0.4, -0.2) is 68.2 Å². The molecule has 226 valence electrons. The fourth-order valence-electron chi connectivity index (χ4n) is 4.26. The van der Waals surface area contributed by atoms with Gasteiger partial charge in [-0.25, -0.2) is 22.8 Å². The van der Waals surface area contributed by atoms with Gasteiger partial charge in [-0.1, -0.05) is 17.0 Å². The number of rotatable bonds is 8. The van der Waals surface area contributed by atoms with E-state index in [4.69, 9.17) is 18.9 Å². The molecule has 17 heteroatoms. The molecule has 0 N–H and O–H groups in total. The van der Waals surface area contributed by atoms with E-state index in [1.807, 2.05) is 6.07 Å². The Balaban J connectivity index is 1.85. The first kappa shape index (κ1) is 31.9. The smallest absolute Gasteiger partial charge is 0.303 e. The maximum absolute atomic E-state index is 14.0. The average Bonchev–Trinajstić information content (AvgIpc) is 3.41. The van der Waals surface area contributed by atoms with Crippen molar-refractivity contribution in [2.24, 2.45) is 0 Å². The Labute approximate surface area is 254 Å². The summed E-state index contributed by atoms with van der Waals surface area (Å²) in [6.07, 6.45) is -1.15. The highest BCUT2D eigenvalue weighted by Crippen LogP contribution is 2.42. The zero-order valence-electron chi connectivity index (χ0n) is 22.5. The van der Waals surface area contributed by atoms with Crippen LogP contribution in [0.1, 0.15) is 32.5 Å². The number of pyridine rings is 1. The SMILES string of the molecule is CC(=O)OCC1OC(Sc2cc(Br)cnc2C#N)C(OC(C)=O)C(n2cc(-c3cc(F)c(F)c(F)c3)nn2)C1OC(C)=O. The Bertz CT molecular complexity index is 1580. The average molecular weight is 684 g/mol. The third kappa shape index (κ3) is 7.50. The van der Waals surface area contributed by atoms with Gasteiger partial charge in [-0.05, 0) is 34.1 Å². The maximum Gasteiger partial charge on any atom is 0.303 e. The monoisotopic (exact) mass is 683 g/mol. The van der Waals surface area contributed by atoms with E-state index >= 15 is 0 Å². The number of carbonyl (C=O) groups excluding carboxylic acids is 3. The van der Waals surface area contributed by atoms with E-state index in [-0.39, 0.29) is 17.0 Å². The van der Waals surface area contributed by atoms with Crippen molar-refractivity contribution in [3.05, 3.63) is 58.2 Å². The molecule has 4 rings (SSSR count). The van der Waals surface area contributed by atoms with Crippen molar-refractivity contribution in [1.29, 1.82) is 5.26 Å². The van der Waals surface area contributed by atoms with E-state index in [1.165, 1.54) is 12.4 Å². The molecule has 0 aliphatic carbocycles. The fraction of sp³-hybridized carbons (Fsp3) is 0.346. The van der Waals surface area contributed by atoms with Crippen LogP contribution in [0.2, 0.25) is 0 Å². The van der Waals surface area contributed by atoms with Crippen molar-refractivity contribution in [1.82, 2.24) is 20.0 Å². The Hall–Kier alpha value is -4.01. The summed E-state index contributed by atoms with van der Waals surface area (Å²) in [7, 11) is 0. The molecule has 5 unspecified atom stereocenters. The molecular formula is C26H21BrF3N5O7S. The number of nitrogens with zero attached hydrogens (tertiary/aromatic N) is 5. The fourth-order valence-corrected chi connectivity index (χ4v) is 5.94. The van der Waals surface area contributed by atoms with Gasteiger partial charge in [0.05, 0.1) is 6.20 Å². The lowest BCUT2D eigenvalue weighted by atomic mass is 9.96. The third-order valence-electron chi connectivity index (χ3n) is 5.94. The summed E-state index contributed by atoms with van der Waals surface area (Å²) in [5.41, 5.74) is -1.38.